The van der Waals surface area contributed by atoms with Crippen molar-refractivity contribution in [3.05, 3.63) is 50.7 Å². The molecule has 0 amide bonds. The lowest BCUT2D eigenvalue weighted by Crippen LogP contribution is -2.40. The van der Waals surface area contributed by atoms with Gasteiger partial charge in [-0.1, -0.05) is 17.7 Å². The Morgan fingerprint density at radius 2 is 2.33 bits per heavy atom. The number of thiazole rings is 1. The highest BCUT2D eigenvalue weighted by Crippen LogP contribution is 2.44. The van der Waals surface area contributed by atoms with Crippen LogP contribution < -0.4 is 10.6 Å². The van der Waals surface area contributed by atoms with E-state index in [0.717, 1.165) is 30.4 Å². The molecule has 1 saturated carbocycles. The summed E-state index contributed by atoms with van der Waals surface area (Å²) in [6, 6.07) is 4.98. The van der Waals surface area contributed by atoms with E-state index < -0.39 is 0 Å². The summed E-state index contributed by atoms with van der Waals surface area (Å²) in [4.78, 5) is 9.79. The van der Waals surface area contributed by atoms with Crippen LogP contribution in [-0.4, -0.2) is 30.6 Å². The van der Waals surface area contributed by atoms with Crippen LogP contribution in [0.2, 0.25) is 5.02 Å². The number of aromatic nitrogens is 1. The van der Waals surface area contributed by atoms with Crippen molar-refractivity contribution in [3.63, 3.8) is 0 Å². The number of aryl methyl sites for hydroxylation is 1. The molecule has 2 atom stereocenters. The minimum Gasteiger partial charge on any atom is -0.356 e. The van der Waals surface area contributed by atoms with Crippen LogP contribution in [0.4, 0.5) is 4.39 Å². The van der Waals surface area contributed by atoms with Crippen molar-refractivity contribution in [2.24, 2.45) is 4.99 Å². The van der Waals surface area contributed by atoms with Crippen molar-refractivity contribution < 1.29 is 4.39 Å². The number of guanidine groups is 1. The molecule has 0 aliphatic heterocycles. The van der Waals surface area contributed by atoms with Crippen LogP contribution in [0.5, 0.6) is 0 Å². The lowest BCUT2D eigenvalue weighted by molar-refractivity contribution is 0.608. The standard InChI is InChI=1S/C17H20ClFN4S/c1-10-9-22-15(24-10)6-7-21-17(20-2)23-14-8-11(14)16-12(18)4-3-5-13(16)19/h3-5,9,11,14H,6-8H2,1-2H3,(H2,20,21,23). The van der Waals surface area contributed by atoms with Gasteiger partial charge in [0.1, 0.15) is 5.82 Å². The summed E-state index contributed by atoms with van der Waals surface area (Å²) < 4.78 is 14.0. The summed E-state index contributed by atoms with van der Waals surface area (Å²) in [5.74, 6) is 0.584. The first-order chi connectivity index (χ1) is 11.6. The fourth-order valence-corrected chi connectivity index (χ4v) is 3.80. The Morgan fingerprint density at radius 3 is 3.00 bits per heavy atom. The zero-order valence-corrected chi connectivity index (χ0v) is 15.2. The molecule has 2 aromatic rings. The molecule has 0 bridgehead atoms. The van der Waals surface area contributed by atoms with Gasteiger partial charge in [-0.25, -0.2) is 9.37 Å². The zero-order valence-electron chi connectivity index (χ0n) is 13.6. The molecule has 1 aliphatic rings. The fraction of sp³-hybridized carbons (Fsp3) is 0.412. The summed E-state index contributed by atoms with van der Waals surface area (Å²) in [5.41, 5.74) is 0.602. The van der Waals surface area contributed by atoms with Gasteiger partial charge in [0.15, 0.2) is 5.96 Å². The first-order valence-corrected chi connectivity index (χ1v) is 9.10. The molecule has 7 heteroatoms. The number of aliphatic imine (C=N–C) groups is 1. The molecule has 1 heterocycles. The average Bonchev–Trinajstić information content (AvgIpc) is 3.17. The van der Waals surface area contributed by atoms with E-state index in [-0.39, 0.29) is 17.8 Å². The number of hydrogen-bond acceptors (Lipinski definition) is 3. The van der Waals surface area contributed by atoms with Crippen molar-refractivity contribution in [2.45, 2.75) is 31.7 Å². The summed E-state index contributed by atoms with van der Waals surface area (Å²) >= 11 is 7.84. The third-order valence-corrected chi connectivity index (χ3v) is 5.31. The minimum absolute atomic E-state index is 0.0962. The molecule has 1 aliphatic carbocycles. The van der Waals surface area contributed by atoms with Gasteiger partial charge in [0.2, 0.25) is 0 Å². The number of nitrogens with one attached hydrogen (secondary N) is 2. The van der Waals surface area contributed by atoms with E-state index in [4.69, 9.17) is 11.6 Å². The molecule has 1 fully saturated rings. The molecule has 3 rings (SSSR count). The molecule has 2 unspecified atom stereocenters. The Balaban J connectivity index is 1.50. The van der Waals surface area contributed by atoms with Gasteiger partial charge in [0.25, 0.3) is 0 Å². The number of hydrogen-bond donors (Lipinski definition) is 2. The Bertz CT molecular complexity index is 726. The molecule has 24 heavy (non-hydrogen) atoms. The first-order valence-electron chi connectivity index (χ1n) is 7.91. The SMILES string of the molecule is CN=C(NCCc1ncc(C)s1)NC1CC1c1c(F)cccc1Cl. The summed E-state index contributed by atoms with van der Waals surface area (Å²) in [6.45, 7) is 2.81. The Hall–Kier alpha value is -1.66. The largest absolute Gasteiger partial charge is 0.356 e. The van der Waals surface area contributed by atoms with E-state index in [0.29, 0.717) is 10.6 Å². The van der Waals surface area contributed by atoms with Crippen LogP contribution in [0.15, 0.2) is 29.4 Å². The highest BCUT2D eigenvalue weighted by Gasteiger charge is 2.41. The summed E-state index contributed by atoms with van der Waals surface area (Å²) in [7, 11) is 1.73. The van der Waals surface area contributed by atoms with Crippen LogP contribution in [0.1, 0.15) is 27.8 Å². The van der Waals surface area contributed by atoms with Crippen LogP contribution in [0.3, 0.4) is 0 Å². The maximum absolute atomic E-state index is 14.0. The van der Waals surface area contributed by atoms with Crippen molar-refractivity contribution in [1.82, 2.24) is 15.6 Å². The van der Waals surface area contributed by atoms with Crippen LogP contribution >= 0.6 is 22.9 Å². The molecule has 0 saturated heterocycles. The Kier molecular flexibility index (Phi) is 5.36. The second-order valence-corrected chi connectivity index (χ2v) is 7.57. The second kappa shape index (κ2) is 7.49. The lowest BCUT2D eigenvalue weighted by Gasteiger charge is -2.12. The fourth-order valence-electron chi connectivity index (χ4n) is 2.71. The maximum atomic E-state index is 14.0. The lowest BCUT2D eigenvalue weighted by atomic mass is 10.1. The van der Waals surface area contributed by atoms with Gasteiger partial charge >= 0.3 is 0 Å². The summed E-state index contributed by atoms with van der Waals surface area (Å²) in [5, 5.41) is 8.21. The van der Waals surface area contributed by atoms with E-state index in [2.05, 4.69) is 27.5 Å². The first kappa shape index (κ1) is 17.2. The normalized spacial score (nSPS) is 20.1. The molecule has 2 N–H and O–H groups in total. The monoisotopic (exact) mass is 366 g/mol. The van der Waals surface area contributed by atoms with Crippen molar-refractivity contribution in [3.8, 4) is 0 Å². The highest BCUT2D eigenvalue weighted by molar-refractivity contribution is 7.11. The van der Waals surface area contributed by atoms with E-state index in [9.17, 15) is 4.39 Å². The molecule has 128 valence electrons. The maximum Gasteiger partial charge on any atom is 0.191 e. The van der Waals surface area contributed by atoms with Crippen molar-refractivity contribution in [2.75, 3.05) is 13.6 Å². The zero-order chi connectivity index (χ0) is 17.1. The Labute approximate surface area is 150 Å². The molecule has 0 radical (unpaired) electrons. The van der Waals surface area contributed by atoms with Crippen LogP contribution in [0.25, 0.3) is 0 Å². The van der Waals surface area contributed by atoms with Gasteiger partial charge in [-0.2, -0.15) is 0 Å². The van der Waals surface area contributed by atoms with Crippen LogP contribution in [-0.2, 0) is 6.42 Å². The van der Waals surface area contributed by atoms with Crippen LogP contribution in [0, 0.1) is 12.7 Å². The van der Waals surface area contributed by atoms with E-state index >= 15 is 0 Å². The minimum atomic E-state index is -0.237. The van der Waals surface area contributed by atoms with Gasteiger partial charge in [-0.15, -0.1) is 11.3 Å². The van der Waals surface area contributed by atoms with Gasteiger partial charge in [0.05, 0.1) is 5.01 Å². The molecule has 0 spiro atoms. The molecule has 4 nitrogen and oxygen atoms in total. The number of nitrogens with zero attached hydrogens (tertiary/aromatic N) is 2. The van der Waals surface area contributed by atoms with Gasteiger partial charge in [-0.3, -0.25) is 4.99 Å². The van der Waals surface area contributed by atoms with Gasteiger partial charge in [0, 0.05) is 53.6 Å². The third kappa shape index (κ3) is 4.05. The van der Waals surface area contributed by atoms with E-state index in [1.807, 2.05) is 6.20 Å². The smallest absolute Gasteiger partial charge is 0.191 e. The summed E-state index contributed by atoms with van der Waals surface area (Å²) in [6.07, 6.45) is 3.60. The number of halogens is 2. The van der Waals surface area contributed by atoms with Gasteiger partial charge in [-0.05, 0) is 25.5 Å². The number of benzene rings is 1. The van der Waals surface area contributed by atoms with Crippen molar-refractivity contribution >= 4 is 28.9 Å². The molecular formula is C17H20ClFN4S. The van der Waals surface area contributed by atoms with Crippen molar-refractivity contribution in [1.29, 1.82) is 0 Å². The van der Waals surface area contributed by atoms with E-state index in [1.165, 1.54) is 10.9 Å². The predicted molar refractivity (Wildman–Crippen MR) is 97.6 cm³/mol. The quantitative estimate of drug-likeness (QED) is 0.629. The highest BCUT2D eigenvalue weighted by atomic mass is 35.5. The molecule has 1 aromatic carbocycles. The molecule has 1 aromatic heterocycles. The molecular weight excluding hydrogens is 347 g/mol. The predicted octanol–water partition coefficient (Wildman–Crippen LogP) is 3.51. The second-order valence-electron chi connectivity index (χ2n) is 5.84. The third-order valence-electron chi connectivity index (χ3n) is 4.01. The average molecular weight is 367 g/mol. The Morgan fingerprint density at radius 1 is 1.50 bits per heavy atom. The van der Waals surface area contributed by atoms with E-state index in [1.54, 1.807) is 30.5 Å². The topological polar surface area (TPSA) is 49.3 Å². The number of rotatable bonds is 5. The van der Waals surface area contributed by atoms with Gasteiger partial charge < -0.3 is 10.6 Å².